The molecule has 1 aromatic rings. The molecule has 2 rings (SSSR count). The molecule has 1 aromatic carbocycles. The van der Waals surface area contributed by atoms with Crippen molar-refractivity contribution in [2.45, 2.75) is 45.1 Å². The molecule has 0 heterocycles. The lowest BCUT2D eigenvalue weighted by Gasteiger charge is -2.28. The van der Waals surface area contributed by atoms with Crippen LogP contribution in [0.1, 0.15) is 49.4 Å². The zero-order valence-electron chi connectivity index (χ0n) is 12.4. The van der Waals surface area contributed by atoms with Crippen LogP contribution < -0.4 is 10.1 Å². The van der Waals surface area contributed by atoms with E-state index in [-0.39, 0.29) is 11.6 Å². The van der Waals surface area contributed by atoms with Crippen molar-refractivity contribution < 1.29 is 18.3 Å². The topological polar surface area (TPSA) is 38.3 Å². The molecule has 21 heavy (non-hydrogen) atoms. The highest BCUT2D eigenvalue weighted by atomic mass is 19.1. The van der Waals surface area contributed by atoms with E-state index in [0.29, 0.717) is 5.92 Å². The second kappa shape index (κ2) is 6.87. The summed E-state index contributed by atoms with van der Waals surface area (Å²) in [5, 5.41) is 2.84. The van der Waals surface area contributed by atoms with Gasteiger partial charge in [-0.15, -0.1) is 0 Å². The molecule has 1 saturated carbocycles. The van der Waals surface area contributed by atoms with E-state index in [1.54, 1.807) is 0 Å². The van der Waals surface area contributed by atoms with Gasteiger partial charge < -0.3 is 10.1 Å². The standard InChI is InChI=1S/C16H21F2NO2/c1-10(11-6-4-3-5-7-11)19-16(20)12-8-13(17)15(21-2)14(18)9-12/h8-11H,3-7H2,1-2H3,(H,19,20)/t10-/m0/s1. The van der Waals surface area contributed by atoms with E-state index in [0.717, 1.165) is 25.0 Å². The molecule has 1 N–H and O–H groups in total. The largest absolute Gasteiger partial charge is 0.491 e. The molecule has 1 atom stereocenters. The first-order valence-corrected chi connectivity index (χ1v) is 7.37. The minimum absolute atomic E-state index is 0.00558. The van der Waals surface area contributed by atoms with Crippen LogP contribution in [0, 0.1) is 17.6 Å². The molecule has 0 saturated heterocycles. The van der Waals surface area contributed by atoms with Gasteiger partial charge in [0.25, 0.3) is 5.91 Å². The third-order valence-corrected chi connectivity index (χ3v) is 4.18. The van der Waals surface area contributed by atoms with E-state index in [1.807, 2.05) is 6.92 Å². The molecule has 0 bridgehead atoms. The van der Waals surface area contributed by atoms with Gasteiger partial charge in [-0.05, 0) is 37.8 Å². The van der Waals surface area contributed by atoms with Gasteiger partial charge in [0, 0.05) is 11.6 Å². The van der Waals surface area contributed by atoms with Gasteiger partial charge in [-0.25, -0.2) is 8.78 Å². The van der Waals surface area contributed by atoms with E-state index in [2.05, 4.69) is 10.1 Å². The first kappa shape index (κ1) is 15.7. The first-order valence-electron chi connectivity index (χ1n) is 7.37. The van der Waals surface area contributed by atoms with Gasteiger partial charge in [0.2, 0.25) is 0 Å². The quantitative estimate of drug-likeness (QED) is 0.921. The maximum atomic E-state index is 13.6. The lowest BCUT2D eigenvalue weighted by Crippen LogP contribution is -2.39. The molecule has 1 amide bonds. The predicted octanol–water partition coefficient (Wildman–Crippen LogP) is 3.67. The summed E-state index contributed by atoms with van der Waals surface area (Å²) in [5.41, 5.74) is -0.0199. The third-order valence-electron chi connectivity index (χ3n) is 4.18. The van der Waals surface area contributed by atoms with Gasteiger partial charge in [-0.2, -0.15) is 0 Å². The Morgan fingerprint density at radius 1 is 1.24 bits per heavy atom. The van der Waals surface area contributed by atoms with Crippen LogP contribution in [0.4, 0.5) is 8.78 Å². The first-order chi connectivity index (χ1) is 10.0. The number of rotatable bonds is 4. The lowest BCUT2D eigenvalue weighted by atomic mass is 9.84. The minimum Gasteiger partial charge on any atom is -0.491 e. The minimum atomic E-state index is -0.868. The fourth-order valence-corrected chi connectivity index (χ4v) is 2.93. The van der Waals surface area contributed by atoms with Gasteiger partial charge in [0.15, 0.2) is 17.4 Å². The Balaban J connectivity index is 2.06. The molecule has 1 aliphatic carbocycles. The van der Waals surface area contributed by atoms with Crippen LogP contribution in [-0.2, 0) is 0 Å². The van der Waals surface area contributed by atoms with Crippen molar-refractivity contribution in [1.29, 1.82) is 0 Å². The summed E-state index contributed by atoms with van der Waals surface area (Å²) in [4.78, 5) is 12.1. The Kier molecular flexibility index (Phi) is 5.15. The average molecular weight is 297 g/mol. The second-order valence-electron chi connectivity index (χ2n) is 5.63. The summed E-state index contributed by atoms with van der Waals surface area (Å²) >= 11 is 0. The fraction of sp³-hybridized carbons (Fsp3) is 0.562. The van der Waals surface area contributed by atoms with Crippen LogP contribution in [0.15, 0.2) is 12.1 Å². The van der Waals surface area contributed by atoms with Crippen LogP contribution >= 0.6 is 0 Å². The number of ether oxygens (including phenoxy) is 1. The van der Waals surface area contributed by atoms with E-state index in [4.69, 9.17) is 0 Å². The Morgan fingerprint density at radius 2 is 1.81 bits per heavy atom. The van der Waals surface area contributed by atoms with E-state index < -0.39 is 23.3 Å². The van der Waals surface area contributed by atoms with Crippen molar-refractivity contribution in [3.63, 3.8) is 0 Å². The summed E-state index contributed by atoms with van der Waals surface area (Å²) in [6.45, 7) is 1.95. The van der Waals surface area contributed by atoms with E-state index >= 15 is 0 Å². The molecule has 1 fully saturated rings. The van der Waals surface area contributed by atoms with Gasteiger partial charge in [-0.3, -0.25) is 4.79 Å². The Bertz CT molecular complexity index is 490. The SMILES string of the molecule is COc1c(F)cc(C(=O)N[C@@H](C)C2CCCCC2)cc1F. The second-order valence-corrected chi connectivity index (χ2v) is 5.63. The Hall–Kier alpha value is -1.65. The number of carbonyl (C=O) groups is 1. The Labute approximate surface area is 123 Å². The van der Waals surface area contributed by atoms with Crippen molar-refractivity contribution in [2.75, 3.05) is 7.11 Å². The summed E-state index contributed by atoms with van der Waals surface area (Å²) < 4.78 is 31.8. The van der Waals surface area contributed by atoms with Crippen molar-refractivity contribution in [1.82, 2.24) is 5.32 Å². The van der Waals surface area contributed by atoms with Crippen LogP contribution in [0.5, 0.6) is 5.75 Å². The summed E-state index contributed by atoms with van der Waals surface area (Å²) in [6.07, 6.45) is 5.78. The highest BCUT2D eigenvalue weighted by Gasteiger charge is 2.23. The lowest BCUT2D eigenvalue weighted by molar-refractivity contribution is 0.0918. The van der Waals surface area contributed by atoms with Crippen molar-refractivity contribution in [3.05, 3.63) is 29.3 Å². The molecule has 116 valence electrons. The molecule has 0 unspecified atom stereocenters. The van der Waals surface area contributed by atoms with Crippen LogP contribution in [-0.4, -0.2) is 19.1 Å². The molecule has 5 heteroatoms. The predicted molar refractivity (Wildman–Crippen MR) is 76.4 cm³/mol. The molecule has 3 nitrogen and oxygen atoms in total. The van der Waals surface area contributed by atoms with Crippen molar-refractivity contribution in [3.8, 4) is 5.75 Å². The van der Waals surface area contributed by atoms with Crippen molar-refractivity contribution in [2.24, 2.45) is 5.92 Å². The number of methoxy groups -OCH3 is 1. The van der Waals surface area contributed by atoms with Crippen molar-refractivity contribution >= 4 is 5.91 Å². The van der Waals surface area contributed by atoms with Crippen LogP contribution in [0.2, 0.25) is 0 Å². The molecule has 0 aliphatic heterocycles. The molecule has 1 aliphatic rings. The molecular weight excluding hydrogens is 276 g/mol. The summed E-state index contributed by atoms with van der Waals surface area (Å²) in [7, 11) is 1.19. The average Bonchev–Trinajstić information content (AvgIpc) is 2.47. The van der Waals surface area contributed by atoms with Gasteiger partial charge in [-0.1, -0.05) is 19.3 Å². The van der Waals surface area contributed by atoms with E-state index in [1.165, 1.54) is 26.4 Å². The smallest absolute Gasteiger partial charge is 0.251 e. The highest BCUT2D eigenvalue weighted by molar-refractivity contribution is 5.94. The zero-order valence-corrected chi connectivity index (χ0v) is 12.4. The van der Waals surface area contributed by atoms with Crippen LogP contribution in [0.3, 0.4) is 0 Å². The van der Waals surface area contributed by atoms with Crippen LogP contribution in [0.25, 0.3) is 0 Å². The summed E-state index contributed by atoms with van der Waals surface area (Å²) in [5.74, 6) is -2.21. The molecule has 0 spiro atoms. The number of nitrogens with one attached hydrogen (secondary N) is 1. The number of carbonyl (C=O) groups excluding carboxylic acids is 1. The number of amides is 1. The van der Waals surface area contributed by atoms with Gasteiger partial charge in [0.1, 0.15) is 0 Å². The highest BCUT2D eigenvalue weighted by Crippen LogP contribution is 2.27. The number of hydrogen-bond acceptors (Lipinski definition) is 2. The van der Waals surface area contributed by atoms with Gasteiger partial charge >= 0.3 is 0 Å². The maximum Gasteiger partial charge on any atom is 0.251 e. The zero-order chi connectivity index (χ0) is 15.4. The number of halogens is 2. The molecular formula is C16H21F2NO2. The summed E-state index contributed by atoms with van der Waals surface area (Å²) in [6, 6.07) is 2.02. The molecule has 0 radical (unpaired) electrons. The normalized spacial score (nSPS) is 17.3. The Morgan fingerprint density at radius 3 is 2.33 bits per heavy atom. The monoisotopic (exact) mass is 297 g/mol. The molecule has 0 aromatic heterocycles. The number of benzene rings is 1. The fourth-order valence-electron chi connectivity index (χ4n) is 2.93. The van der Waals surface area contributed by atoms with E-state index in [9.17, 15) is 13.6 Å². The maximum absolute atomic E-state index is 13.6. The third kappa shape index (κ3) is 3.71. The van der Waals surface area contributed by atoms with Gasteiger partial charge in [0.05, 0.1) is 7.11 Å². The number of hydrogen-bond donors (Lipinski definition) is 1.